The van der Waals surface area contributed by atoms with Gasteiger partial charge in [0.2, 0.25) is 0 Å². The van der Waals surface area contributed by atoms with Crippen LogP contribution >= 0.6 is 0 Å². The molecule has 1 unspecified atom stereocenters. The summed E-state index contributed by atoms with van der Waals surface area (Å²) in [5, 5.41) is 3.40. The minimum atomic E-state index is 0.590. The third kappa shape index (κ3) is 2.41. The molecule has 0 spiro atoms. The fourth-order valence-corrected chi connectivity index (χ4v) is 2.56. The normalized spacial score (nSPS) is 16.4. The number of aromatic nitrogens is 1. The highest BCUT2D eigenvalue weighted by Crippen LogP contribution is 2.35. The average molecular weight is 254 g/mol. The number of hydrogen-bond donors (Lipinski definition) is 1. The van der Waals surface area contributed by atoms with Gasteiger partial charge in [0.1, 0.15) is 0 Å². The zero-order chi connectivity index (χ0) is 13.1. The molecule has 0 amide bonds. The van der Waals surface area contributed by atoms with E-state index in [1.165, 1.54) is 11.1 Å². The topological polar surface area (TPSA) is 34.1 Å². The van der Waals surface area contributed by atoms with Crippen molar-refractivity contribution in [3.63, 3.8) is 0 Å². The van der Waals surface area contributed by atoms with E-state index in [0.29, 0.717) is 12.5 Å². The van der Waals surface area contributed by atoms with Crippen LogP contribution in [0.3, 0.4) is 0 Å². The van der Waals surface area contributed by atoms with Crippen LogP contribution in [0.15, 0.2) is 42.6 Å². The molecule has 2 aromatic rings. The molecule has 0 radical (unpaired) electrons. The fraction of sp³-hybridized carbons (Fsp3) is 0.312. The number of fused-ring (bicyclic) bond motifs is 1. The molecule has 1 aromatic heterocycles. The van der Waals surface area contributed by atoms with Crippen LogP contribution < -0.4 is 10.1 Å². The number of rotatable bonds is 5. The van der Waals surface area contributed by atoms with Crippen LogP contribution in [0.4, 0.5) is 5.82 Å². The first-order valence-electron chi connectivity index (χ1n) is 6.78. The lowest BCUT2D eigenvalue weighted by molar-refractivity contribution is 0.340. The quantitative estimate of drug-likeness (QED) is 0.889. The minimum Gasteiger partial charge on any atom is -0.490 e. The highest BCUT2D eigenvalue weighted by Gasteiger charge is 2.25. The Morgan fingerprint density at radius 3 is 3.00 bits per heavy atom. The molecule has 3 rings (SSSR count). The third-order valence-electron chi connectivity index (χ3n) is 3.55. The van der Waals surface area contributed by atoms with Gasteiger partial charge in [-0.25, -0.2) is 4.98 Å². The van der Waals surface area contributed by atoms with E-state index in [-0.39, 0.29) is 0 Å². The number of nitrogens with zero attached hydrogens (tertiary/aromatic N) is 1. The predicted molar refractivity (Wildman–Crippen MR) is 76.8 cm³/mol. The van der Waals surface area contributed by atoms with E-state index in [1.54, 1.807) is 6.20 Å². The molecule has 1 heterocycles. The van der Waals surface area contributed by atoms with Crippen molar-refractivity contribution in [2.24, 2.45) is 0 Å². The molecule has 1 aliphatic rings. The van der Waals surface area contributed by atoms with E-state index in [1.807, 2.05) is 19.1 Å². The van der Waals surface area contributed by atoms with Gasteiger partial charge < -0.3 is 10.1 Å². The molecule has 98 valence electrons. The molecule has 3 nitrogen and oxygen atoms in total. The molecule has 0 bridgehead atoms. The summed E-state index contributed by atoms with van der Waals surface area (Å²) in [5.41, 5.74) is 2.93. The molecule has 1 aromatic carbocycles. The van der Waals surface area contributed by atoms with Crippen molar-refractivity contribution >= 4 is 5.82 Å². The number of anilines is 1. The summed E-state index contributed by atoms with van der Waals surface area (Å²) in [4.78, 5) is 4.35. The lowest BCUT2D eigenvalue weighted by atomic mass is 9.77. The van der Waals surface area contributed by atoms with Crippen LogP contribution in [0.1, 0.15) is 24.0 Å². The molecule has 1 N–H and O–H groups in total. The van der Waals surface area contributed by atoms with Crippen molar-refractivity contribution in [2.45, 2.75) is 19.3 Å². The van der Waals surface area contributed by atoms with Gasteiger partial charge in [-0.05, 0) is 36.6 Å². The summed E-state index contributed by atoms with van der Waals surface area (Å²) in [5.74, 6) is 2.26. The molecule has 1 atom stereocenters. The second kappa shape index (κ2) is 5.31. The maximum atomic E-state index is 5.57. The van der Waals surface area contributed by atoms with Crippen molar-refractivity contribution in [3.05, 3.63) is 53.7 Å². The van der Waals surface area contributed by atoms with E-state index < -0.39 is 0 Å². The average Bonchev–Trinajstić information content (AvgIpc) is 2.42. The first kappa shape index (κ1) is 12.0. The Morgan fingerprint density at radius 2 is 2.16 bits per heavy atom. The Bertz CT molecular complexity index is 568. The van der Waals surface area contributed by atoms with E-state index in [9.17, 15) is 0 Å². The Hall–Kier alpha value is -2.03. The van der Waals surface area contributed by atoms with Crippen LogP contribution in [-0.2, 0) is 6.42 Å². The molecule has 1 aliphatic carbocycles. The molecular formula is C16H18N2O. The minimum absolute atomic E-state index is 0.590. The van der Waals surface area contributed by atoms with E-state index >= 15 is 0 Å². The van der Waals surface area contributed by atoms with Crippen molar-refractivity contribution in [2.75, 3.05) is 18.5 Å². The lowest BCUT2D eigenvalue weighted by Gasteiger charge is -2.30. The highest BCUT2D eigenvalue weighted by atomic mass is 16.5. The van der Waals surface area contributed by atoms with Crippen LogP contribution in [0.2, 0.25) is 0 Å². The van der Waals surface area contributed by atoms with Crippen LogP contribution in [-0.4, -0.2) is 18.1 Å². The Morgan fingerprint density at radius 1 is 1.26 bits per heavy atom. The van der Waals surface area contributed by atoms with Crippen LogP contribution in [0.5, 0.6) is 5.75 Å². The smallest absolute Gasteiger partial charge is 0.168 e. The van der Waals surface area contributed by atoms with Crippen LogP contribution in [0, 0.1) is 0 Å². The number of hydrogen-bond acceptors (Lipinski definition) is 3. The maximum absolute atomic E-state index is 5.57. The Kier molecular flexibility index (Phi) is 3.36. The standard InChI is InChI=1S/C16H18N2O/c1-2-19-15-8-5-9-17-16(15)18-11-13-10-12-6-3-4-7-14(12)13/h3-9,13H,2,10-11H2,1H3,(H,17,18). The first-order chi connectivity index (χ1) is 9.38. The van der Waals surface area contributed by atoms with Gasteiger partial charge in [0.25, 0.3) is 0 Å². The number of pyridine rings is 1. The van der Waals surface area contributed by atoms with E-state index in [0.717, 1.165) is 24.5 Å². The van der Waals surface area contributed by atoms with Crippen LogP contribution in [0.25, 0.3) is 0 Å². The molecule has 0 saturated heterocycles. The second-order valence-corrected chi connectivity index (χ2v) is 4.76. The number of ether oxygens (including phenoxy) is 1. The van der Waals surface area contributed by atoms with Gasteiger partial charge in [0.05, 0.1) is 6.61 Å². The van der Waals surface area contributed by atoms with E-state index in [4.69, 9.17) is 4.74 Å². The summed E-state index contributed by atoms with van der Waals surface area (Å²) < 4.78 is 5.57. The lowest BCUT2D eigenvalue weighted by Crippen LogP contribution is -2.24. The molecule has 19 heavy (non-hydrogen) atoms. The Labute approximate surface area is 113 Å². The largest absolute Gasteiger partial charge is 0.490 e. The zero-order valence-electron chi connectivity index (χ0n) is 11.1. The van der Waals surface area contributed by atoms with Crippen molar-refractivity contribution in [3.8, 4) is 5.75 Å². The van der Waals surface area contributed by atoms with Gasteiger partial charge in [-0.2, -0.15) is 0 Å². The van der Waals surface area contributed by atoms with Gasteiger partial charge in [0.15, 0.2) is 11.6 Å². The molecule has 3 heteroatoms. The van der Waals surface area contributed by atoms with Gasteiger partial charge in [-0.3, -0.25) is 0 Å². The third-order valence-corrected chi connectivity index (χ3v) is 3.55. The van der Waals surface area contributed by atoms with Gasteiger partial charge in [-0.1, -0.05) is 24.3 Å². The highest BCUT2D eigenvalue weighted by molar-refractivity contribution is 5.50. The predicted octanol–water partition coefficient (Wildman–Crippen LogP) is 3.23. The summed E-state index contributed by atoms with van der Waals surface area (Å²) in [6, 6.07) is 12.5. The summed E-state index contributed by atoms with van der Waals surface area (Å²) >= 11 is 0. The van der Waals surface area contributed by atoms with Gasteiger partial charge >= 0.3 is 0 Å². The Balaban J connectivity index is 1.65. The monoisotopic (exact) mass is 254 g/mol. The first-order valence-corrected chi connectivity index (χ1v) is 6.78. The zero-order valence-corrected chi connectivity index (χ0v) is 11.1. The number of nitrogens with one attached hydrogen (secondary N) is 1. The van der Waals surface area contributed by atoms with Crippen molar-refractivity contribution in [1.29, 1.82) is 0 Å². The van der Waals surface area contributed by atoms with Gasteiger partial charge in [-0.15, -0.1) is 0 Å². The summed E-state index contributed by atoms with van der Waals surface area (Å²) in [6.07, 6.45) is 2.94. The molecule has 0 saturated carbocycles. The summed E-state index contributed by atoms with van der Waals surface area (Å²) in [7, 11) is 0. The van der Waals surface area contributed by atoms with Crippen molar-refractivity contribution < 1.29 is 4.74 Å². The second-order valence-electron chi connectivity index (χ2n) is 4.76. The van der Waals surface area contributed by atoms with E-state index in [2.05, 4.69) is 34.6 Å². The summed E-state index contributed by atoms with van der Waals surface area (Å²) in [6.45, 7) is 3.56. The number of benzene rings is 1. The molecule has 0 fully saturated rings. The van der Waals surface area contributed by atoms with Crippen molar-refractivity contribution in [1.82, 2.24) is 4.98 Å². The van der Waals surface area contributed by atoms with Gasteiger partial charge in [0, 0.05) is 18.7 Å². The SMILES string of the molecule is CCOc1cccnc1NCC1Cc2ccccc21. The fourth-order valence-electron chi connectivity index (χ4n) is 2.56. The molecule has 0 aliphatic heterocycles. The maximum Gasteiger partial charge on any atom is 0.168 e. The molecular weight excluding hydrogens is 236 g/mol.